The number of furan rings is 1. The van der Waals surface area contributed by atoms with Crippen LogP contribution in [0.15, 0.2) is 51.8 Å². The van der Waals surface area contributed by atoms with Gasteiger partial charge in [0, 0.05) is 26.2 Å². The topological polar surface area (TPSA) is 63.0 Å². The van der Waals surface area contributed by atoms with E-state index in [4.69, 9.17) is 9.15 Å². The van der Waals surface area contributed by atoms with Crippen molar-refractivity contribution in [2.24, 2.45) is 0 Å². The zero-order valence-corrected chi connectivity index (χ0v) is 14.8. The van der Waals surface area contributed by atoms with Gasteiger partial charge in [-0.2, -0.15) is 0 Å². The highest BCUT2D eigenvalue weighted by Crippen LogP contribution is 2.32. The largest absolute Gasteiger partial charge is 0.492 e. The molecule has 1 aromatic carbocycles. The summed E-state index contributed by atoms with van der Waals surface area (Å²) in [5.74, 6) is 1.60. The molecule has 0 spiro atoms. The number of nitrogens with zero attached hydrogens (tertiary/aromatic N) is 2. The van der Waals surface area contributed by atoms with Crippen molar-refractivity contribution in [3.05, 3.63) is 53.1 Å². The summed E-state index contributed by atoms with van der Waals surface area (Å²) in [5, 5.41) is -0.299. The van der Waals surface area contributed by atoms with Gasteiger partial charge in [-0.15, -0.1) is 0 Å². The van der Waals surface area contributed by atoms with Gasteiger partial charge in [0.05, 0.1) is 11.4 Å². The van der Waals surface area contributed by atoms with E-state index in [2.05, 4.69) is 0 Å². The lowest BCUT2D eigenvalue weighted by molar-refractivity contribution is -0.123. The summed E-state index contributed by atoms with van der Waals surface area (Å²) in [6, 6.07) is 12.9. The molecule has 6 nitrogen and oxygen atoms in total. The molecule has 0 saturated carbocycles. The van der Waals surface area contributed by atoms with Crippen molar-refractivity contribution in [2.45, 2.75) is 0 Å². The SMILES string of the molecule is CN(C)c1ccc(/C=C2\SC(=O)N(CCOc3ccccc3)C2=O)o1. The molecule has 0 N–H and O–H groups in total. The fourth-order valence-corrected chi connectivity index (χ4v) is 3.10. The Hall–Kier alpha value is -2.67. The van der Waals surface area contributed by atoms with Crippen LogP contribution >= 0.6 is 11.8 Å². The zero-order valence-electron chi connectivity index (χ0n) is 14.0. The molecule has 0 atom stereocenters. The molecule has 3 rings (SSSR count). The monoisotopic (exact) mass is 358 g/mol. The Morgan fingerprint density at radius 1 is 1.16 bits per heavy atom. The van der Waals surface area contributed by atoms with E-state index in [9.17, 15) is 9.59 Å². The van der Waals surface area contributed by atoms with Gasteiger partial charge in [0.2, 0.25) is 0 Å². The fraction of sp³-hybridized carbons (Fsp3) is 0.222. The number of carbonyl (C=O) groups is 2. The van der Waals surface area contributed by atoms with Gasteiger partial charge < -0.3 is 14.1 Å². The molecular weight excluding hydrogens is 340 g/mol. The highest BCUT2D eigenvalue weighted by atomic mass is 32.2. The molecule has 130 valence electrons. The number of carbonyl (C=O) groups excluding carboxylic acids is 2. The second kappa shape index (κ2) is 7.48. The molecule has 1 aliphatic heterocycles. The molecule has 0 unspecified atom stereocenters. The molecule has 0 bridgehead atoms. The molecule has 1 aliphatic rings. The van der Waals surface area contributed by atoms with E-state index in [-0.39, 0.29) is 24.3 Å². The van der Waals surface area contributed by atoms with Crippen molar-refractivity contribution in [2.75, 3.05) is 32.1 Å². The van der Waals surface area contributed by atoms with Crippen LogP contribution in [0.3, 0.4) is 0 Å². The maximum absolute atomic E-state index is 12.4. The first-order valence-electron chi connectivity index (χ1n) is 7.75. The summed E-state index contributed by atoms with van der Waals surface area (Å²) in [7, 11) is 3.73. The Morgan fingerprint density at radius 3 is 2.60 bits per heavy atom. The van der Waals surface area contributed by atoms with Crippen LogP contribution in [0.5, 0.6) is 5.75 Å². The van der Waals surface area contributed by atoms with E-state index in [1.807, 2.05) is 55.4 Å². The van der Waals surface area contributed by atoms with Crippen molar-refractivity contribution < 1.29 is 18.7 Å². The highest BCUT2D eigenvalue weighted by molar-refractivity contribution is 8.18. The standard InChI is InChI=1S/C18H18N2O4S/c1-19(2)16-9-8-14(24-16)12-15-17(21)20(18(22)25-15)10-11-23-13-6-4-3-5-7-13/h3-9,12H,10-11H2,1-2H3/b15-12-. The van der Waals surface area contributed by atoms with Crippen LogP contribution in [0.1, 0.15) is 5.76 Å². The number of hydrogen-bond donors (Lipinski definition) is 0. The Kier molecular flexibility index (Phi) is 5.14. The normalized spacial score (nSPS) is 15.9. The first kappa shape index (κ1) is 17.2. The van der Waals surface area contributed by atoms with Crippen molar-refractivity contribution in [3.8, 4) is 5.75 Å². The van der Waals surface area contributed by atoms with Gasteiger partial charge in [0.1, 0.15) is 18.1 Å². The lowest BCUT2D eigenvalue weighted by Crippen LogP contribution is -2.32. The molecule has 0 radical (unpaired) electrons. The summed E-state index contributed by atoms with van der Waals surface area (Å²) in [4.78, 5) is 27.9. The van der Waals surface area contributed by atoms with Crippen molar-refractivity contribution in [1.82, 2.24) is 4.90 Å². The molecule has 1 aromatic heterocycles. The maximum Gasteiger partial charge on any atom is 0.293 e. The Morgan fingerprint density at radius 2 is 1.92 bits per heavy atom. The number of ether oxygens (including phenoxy) is 1. The third kappa shape index (κ3) is 4.06. The van der Waals surface area contributed by atoms with Gasteiger partial charge in [-0.25, -0.2) is 0 Å². The van der Waals surface area contributed by atoms with E-state index in [1.165, 1.54) is 4.90 Å². The molecule has 1 fully saturated rings. The average molecular weight is 358 g/mol. The van der Waals surface area contributed by atoms with Crippen LogP contribution in [-0.4, -0.2) is 43.3 Å². The lowest BCUT2D eigenvalue weighted by Gasteiger charge is -2.13. The predicted molar refractivity (Wildman–Crippen MR) is 97.6 cm³/mol. The molecule has 0 aliphatic carbocycles. The van der Waals surface area contributed by atoms with Crippen molar-refractivity contribution in [3.63, 3.8) is 0 Å². The third-order valence-electron chi connectivity index (χ3n) is 3.53. The Labute approximate surface area is 150 Å². The van der Waals surface area contributed by atoms with Crippen LogP contribution in [0.2, 0.25) is 0 Å². The maximum atomic E-state index is 12.4. The number of rotatable bonds is 6. The van der Waals surface area contributed by atoms with Gasteiger partial charge >= 0.3 is 0 Å². The highest BCUT2D eigenvalue weighted by Gasteiger charge is 2.35. The number of para-hydroxylation sites is 1. The smallest absolute Gasteiger partial charge is 0.293 e. The fourth-order valence-electron chi connectivity index (χ4n) is 2.25. The molecule has 25 heavy (non-hydrogen) atoms. The quantitative estimate of drug-likeness (QED) is 0.737. The second-order valence-electron chi connectivity index (χ2n) is 5.57. The summed E-state index contributed by atoms with van der Waals surface area (Å²) in [6.45, 7) is 0.457. The molecule has 7 heteroatoms. The van der Waals surface area contributed by atoms with E-state index in [1.54, 1.807) is 12.1 Å². The third-order valence-corrected chi connectivity index (χ3v) is 4.43. The van der Waals surface area contributed by atoms with Gasteiger partial charge in [-0.3, -0.25) is 14.5 Å². The van der Waals surface area contributed by atoms with Crippen LogP contribution in [0.4, 0.5) is 10.7 Å². The summed E-state index contributed by atoms with van der Waals surface area (Å²) < 4.78 is 11.1. The van der Waals surface area contributed by atoms with E-state index in [0.29, 0.717) is 22.3 Å². The number of anilines is 1. The van der Waals surface area contributed by atoms with E-state index in [0.717, 1.165) is 11.8 Å². The average Bonchev–Trinajstić information content (AvgIpc) is 3.16. The molecular formula is C18H18N2O4S. The van der Waals surface area contributed by atoms with E-state index < -0.39 is 0 Å². The molecule has 1 saturated heterocycles. The van der Waals surface area contributed by atoms with E-state index >= 15 is 0 Å². The zero-order chi connectivity index (χ0) is 17.8. The number of amides is 2. The number of thioether (sulfide) groups is 1. The van der Waals surface area contributed by atoms with Gasteiger partial charge in [0.25, 0.3) is 11.1 Å². The predicted octanol–water partition coefficient (Wildman–Crippen LogP) is 3.46. The number of benzene rings is 1. The minimum absolute atomic E-state index is 0.206. The van der Waals surface area contributed by atoms with Gasteiger partial charge in [-0.1, -0.05) is 18.2 Å². The summed E-state index contributed by atoms with van der Waals surface area (Å²) >= 11 is 0.910. The molecule has 2 heterocycles. The summed E-state index contributed by atoms with van der Waals surface area (Å²) in [6.07, 6.45) is 1.59. The Balaban J connectivity index is 1.62. The molecule has 2 amide bonds. The lowest BCUT2D eigenvalue weighted by atomic mass is 10.3. The minimum Gasteiger partial charge on any atom is -0.492 e. The van der Waals surface area contributed by atoms with Crippen LogP contribution in [0.25, 0.3) is 6.08 Å². The van der Waals surface area contributed by atoms with Crippen LogP contribution in [-0.2, 0) is 4.79 Å². The first-order chi connectivity index (χ1) is 12.0. The minimum atomic E-state index is -0.325. The summed E-state index contributed by atoms with van der Waals surface area (Å²) in [5.41, 5.74) is 0. The second-order valence-corrected chi connectivity index (χ2v) is 6.56. The van der Waals surface area contributed by atoms with Crippen LogP contribution < -0.4 is 9.64 Å². The number of imide groups is 1. The first-order valence-corrected chi connectivity index (χ1v) is 8.56. The van der Waals surface area contributed by atoms with Crippen molar-refractivity contribution >= 4 is 34.9 Å². The molecule has 2 aromatic rings. The van der Waals surface area contributed by atoms with Crippen LogP contribution in [0, 0.1) is 0 Å². The Bertz CT molecular complexity index is 798. The number of hydrogen-bond acceptors (Lipinski definition) is 6. The van der Waals surface area contributed by atoms with Gasteiger partial charge in [0.15, 0.2) is 5.88 Å². The van der Waals surface area contributed by atoms with Gasteiger partial charge in [-0.05, 0) is 30.0 Å². The van der Waals surface area contributed by atoms with Crippen molar-refractivity contribution in [1.29, 1.82) is 0 Å².